The van der Waals surface area contributed by atoms with Crippen LogP contribution in [0, 0.1) is 11.8 Å². The Morgan fingerprint density at radius 1 is 1.40 bits per heavy atom. The van der Waals surface area contributed by atoms with Crippen LogP contribution in [0.15, 0.2) is 24.3 Å². The molecule has 0 aromatic heterocycles. The van der Waals surface area contributed by atoms with E-state index in [1.165, 1.54) is 7.11 Å². The van der Waals surface area contributed by atoms with Gasteiger partial charge in [0, 0.05) is 5.56 Å². The van der Waals surface area contributed by atoms with E-state index in [2.05, 4.69) is 21.9 Å². The van der Waals surface area contributed by atoms with Crippen LogP contribution in [0.4, 0.5) is 0 Å². The van der Waals surface area contributed by atoms with E-state index in [1.54, 1.807) is 24.3 Å². The molecular weight excluding hydrogens is 190 g/mol. The van der Waals surface area contributed by atoms with E-state index in [1.807, 2.05) is 7.05 Å². The molecule has 0 saturated heterocycles. The Hall–Kier alpha value is -1.79. The topological polar surface area (TPSA) is 38.3 Å². The van der Waals surface area contributed by atoms with Crippen LogP contribution < -0.4 is 5.32 Å². The van der Waals surface area contributed by atoms with Gasteiger partial charge in [-0.15, -0.1) is 0 Å². The van der Waals surface area contributed by atoms with Gasteiger partial charge in [0.25, 0.3) is 0 Å². The molecule has 0 radical (unpaired) electrons. The average Bonchev–Trinajstić information content (AvgIpc) is 2.29. The first-order chi connectivity index (χ1) is 7.27. The molecule has 0 unspecified atom stereocenters. The molecule has 0 aliphatic rings. The zero-order valence-electron chi connectivity index (χ0n) is 8.83. The third-order valence-corrected chi connectivity index (χ3v) is 1.80. The highest BCUT2D eigenvalue weighted by molar-refractivity contribution is 5.89. The maximum absolute atomic E-state index is 11.1. The highest BCUT2D eigenvalue weighted by atomic mass is 16.5. The largest absolute Gasteiger partial charge is 0.465 e. The van der Waals surface area contributed by atoms with Crippen molar-refractivity contribution in [3.63, 3.8) is 0 Å². The van der Waals surface area contributed by atoms with Gasteiger partial charge >= 0.3 is 5.97 Å². The number of carbonyl (C=O) groups is 1. The zero-order valence-corrected chi connectivity index (χ0v) is 8.83. The number of benzene rings is 1. The van der Waals surface area contributed by atoms with Crippen LogP contribution >= 0.6 is 0 Å². The molecule has 1 N–H and O–H groups in total. The van der Waals surface area contributed by atoms with Crippen molar-refractivity contribution in [2.24, 2.45) is 0 Å². The average molecular weight is 203 g/mol. The lowest BCUT2D eigenvalue weighted by Crippen LogP contribution is -2.04. The first-order valence-corrected chi connectivity index (χ1v) is 4.59. The molecule has 3 heteroatoms. The van der Waals surface area contributed by atoms with Crippen molar-refractivity contribution in [2.75, 3.05) is 20.7 Å². The zero-order chi connectivity index (χ0) is 11.1. The highest BCUT2D eigenvalue weighted by Gasteiger charge is 2.02. The standard InChI is InChI=1S/C12H13NO2/c1-13-9-3-4-10-5-7-11(8-6-10)12(14)15-2/h5-8,13H,9H2,1-2H3. The molecule has 0 heterocycles. The van der Waals surface area contributed by atoms with Crippen molar-refractivity contribution in [2.45, 2.75) is 0 Å². The molecular formula is C12H13NO2. The molecule has 1 rings (SSSR count). The molecule has 15 heavy (non-hydrogen) atoms. The molecule has 78 valence electrons. The second-order valence-electron chi connectivity index (χ2n) is 2.90. The lowest BCUT2D eigenvalue weighted by atomic mass is 10.1. The minimum Gasteiger partial charge on any atom is -0.465 e. The van der Waals surface area contributed by atoms with Crippen molar-refractivity contribution in [3.05, 3.63) is 35.4 Å². The van der Waals surface area contributed by atoms with Crippen molar-refractivity contribution in [1.82, 2.24) is 5.32 Å². The van der Waals surface area contributed by atoms with Gasteiger partial charge in [0.1, 0.15) is 0 Å². The molecule has 0 amide bonds. The first-order valence-electron chi connectivity index (χ1n) is 4.59. The Morgan fingerprint density at radius 3 is 2.60 bits per heavy atom. The molecule has 3 nitrogen and oxygen atoms in total. The summed E-state index contributed by atoms with van der Waals surface area (Å²) in [7, 11) is 3.21. The number of nitrogens with one attached hydrogen (secondary N) is 1. The van der Waals surface area contributed by atoms with Crippen molar-refractivity contribution in [3.8, 4) is 11.8 Å². The fourth-order valence-corrected chi connectivity index (χ4v) is 1.04. The predicted octanol–water partition coefficient (Wildman–Crippen LogP) is 1.04. The van der Waals surface area contributed by atoms with Crippen LogP contribution in [0.2, 0.25) is 0 Å². The fraction of sp³-hybridized carbons (Fsp3) is 0.250. The maximum atomic E-state index is 11.1. The van der Waals surface area contributed by atoms with Gasteiger partial charge < -0.3 is 10.1 Å². The number of ether oxygens (including phenoxy) is 1. The van der Waals surface area contributed by atoms with Gasteiger partial charge in [-0.05, 0) is 31.3 Å². The van der Waals surface area contributed by atoms with Crippen molar-refractivity contribution in [1.29, 1.82) is 0 Å². The van der Waals surface area contributed by atoms with E-state index >= 15 is 0 Å². The smallest absolute Gasteiger partial charge is 0.337 e. The molecule has 1 aromatic carbocycles. The molecule has 0 saturated carbocycles. The summed E-state index contributed by atoms with van der Waals surface area (Å²) in [4.78, 5) is 11.1. The Balaban J connectivity index is 2.73. The maximum Gasteiger partial charge on any atom is 0.337 e. The number of methoxy groups -OCH3 is 1. The Labute approximate surface area is 89.4 Å². The number of carbonyl (C=O) groups excluding carboxylic acids is 1. The van der Waals surface area contributed by atoms with Crippen molar-refractivity contribution >= 4 is 5.97 Å². The summed E-state index contributed by atoms with van der Waals surface area (Å²) in [5, 5.41) is 2.93. The van der Waals surface area contributed by atoms with Gasteiger partial charge in [-0.2, -0.15) is 0 Å². The summed E-state index contributed by atoms with van der Waals surface area (Å²) >= 11 is 0. The summed E-state index contributed by atoms with van der Waals surface area (Å²) in [5.41, 5.74) is 1.43. The lowest BCUT2D eigenvalue weighted by molar-refractivity contribution is 0.0601. The SMILES string of the molecule is CNCC#Cc1ccc(C(=O)OC)cc1. The van der Waals surface area contributed by atoms with E-state index in [0.717, 1.165) is 5.56 Å². The molecule has 0 aliphatic carbocycles. The molecule has 0 fully saturated rings. The number of esters is 1. The number of hydrogen-bond acceptors (Lipinski definition) is 3. The van der Waals surface area contributed by atoms with Gasteiger partial charge in [-0.3, -0.25) is 0 Å². The molecule has 0 spiro atoms. The second kappa shape index (κ2) is 5.84. The van der Waals surface area contributed by atoms with Gasteiger partial charge in [0.15, 0.2) is 0 Å². The number of hydrogen-bond donors (Lipinski definition) is 1. The Bertz CT molecular complexity index is 384. The van der Waals surface area contributed by atoms with Crippen LogP contribution in [0.3, 0.4) is 0 Å². The van der Waals surface area contributed by atoms with Crippen LogP contribution in [-0.2, 0) is 4.74 Å². The minimum atomic E-state index is -0.329. The second-order valence-corrected chi connectivity index (χ2v) is 2.90. The van der Waals surface area contributed by atoms with E-state index in [4.69, 9.17) is 0 Å². The van der Waals surface area contributed by atoms with Crippen molar-refractivity contribution < 1.29 is 9.53 Å². The van der Waals surface area contributed by atoms with Crippen LogP contribution in [-0.4, -0.2) is 26.7 Å². The predicted molar refractivity (Wildman–Crippen MR) is 58.6 cm³/mol. The van der Waals surface area contributed by atoms with E-state index in [9.17, 15) is 4.79 Å². The molecule has 0 aliphatic heterocycles. The normalized spacial score (nSPS) is 8.93. The monoisotopic (exact) mass is 203 g/mol. The highest BCUT2D eigenvalue weighted by Crippen LogP contribution is 2.04. The Kier molecular flexibility index (Phi) is 4.39. The molecule has 0 atom stereocenters. The van der Waals surface area contributed by atoms with Crippen LogP contribution in [0.5, 0.6) is 0 Å². The fourth-order valence-electron chi connectivity index (χ4n) is 1.04. The summed E-state index contributed by atoms with van der Waals surface area (Å²) < 4.78 is 4.59. The lowest BCUT2D eigenvalue weighted by Gasteiger charge is -1.97. The van der Waals surface area contributed by atoms with E-state index in [0.29, 0.717) is 12.1 Å². The third kappa shape index (κ3) is 3.45. The summed E-state index contributed by atoms with van der Waals surface area (Å²) in [5.74, 6) is 5.57. The van der Waals surface area contributed by atoms with E-state index in [-0.39, 0.29) is 5.97 Å². The van der Waals surface area contributed by atoms with Gasteiger partial charge in [-0.1, -0.05) is 11.8 Å². The Morgan fingerprint density at radius 2 is 2.07 bits per heavy atom. The van der Waals surface area contributed by atoms with Crippen LogP contribution in [0.25, 0.3) is 0 Å². The third-order valence-electron chi connectivity index (χ3n) is 1.80. The summed E-state index contributed by atoms with van der Waals surface area (Å²) in [6, 6.07) is 7.01. The first kappa shape index (κ1) is 11.3. The number of rotatable bonds is 2. The van der Waals surface area contributed by atoms with Crippen LogP contribution in [0.1, 0.15) is 15.9 Å². The van der Waals surface area contributed by atoms with Gasteiger partial charge in [-0.25, -0.2) is 4.79 Å². The van der Waals surface area contributed by atoms with Gasteiger partial charge in [0.05, 0.1) is 19.2 Å². The summed E-state index contributed by atoms with van der Waals surface area (Å²) in [6.45, 7) is 0.652. The molecule has 1 aromatic rings. The minimum absolute atomic E-state index is 0.329. The summed E-state index contributed by atoms with van der Waals surface area (Å²) in [6.07, 6.45) is 0. The quantitative estimate of drug-likeness (QED) is 0.576. The van der Waals surface area contributed by atoms with E-state index < -0.39 is 0 Å². The van der Waals surface area contributed by atoms with Gasteiger partial charge in [0.2, 0.25) is 0 Å². The molecule has 0 bridgehead atoms.